The standard InChI is InChI=1S/C14H19NO3S/c1-2-15-14(13(16)17,10-19-12-8-18-9-12)11-6-4-3-5-7-11/h3-7,12,15H,2,8-10H2,1H3,(H,16,17). The molecule has 1 aromatic carbocycles. The second kappa shape index (κ2) is 6.41. The Morgan fingerprint density at radius 3 is 2.63 bits per heavy atom. The molecule has 0 aromatic heterocycles. The molecule has 1 aliphatic heterocycles. The normalized spacial score (nSPS) is 18.6. The van der Waals surface area contributed by atoms with E-state index in [4.69, 9.17) is 4.74 Å². The minimum atomic E-state index is -1.02. The average molecular weight is 281 g/mol. The van der Waals surface area contributed by atoms with Crippen molar-refractivity contribution in [2.45, 2.75) is 17.7 Å². The first kappa shape index (κ1) is 14.4. The summed E-state index contributed by atoms with van der Waals surface area (Å²) in [5.74, 6) is -0.318. The number of thioether (sulfide) groups is 1. The lowest BCUT2D eigenvalue weighted by molar-refractivity contribution is -0.144. The van der Waals surface area contributed by atoms with Crippen LogP contribution < -0.4 is 5.32 Å². The minimum absolute atomic E-state index is 0.418. The van der Waals surface area contributed by atoms with Gasteiger partial charge in [-0.3, -0.25) is 5.32 Å². The van der Waals surface area contributed by atoms with Crippen molar-refractivity contribution in [3.05, 3.63) is 35.9 Å². The number of rotatable bonds is 7. The van der Waals surface area contributed by atoms with Crippen molar-refractivity contribution in [1.29, 1.82) is 0 Å². The monoisotopic (exact) mass is 281 g/mol. The summed E-state index contributed by atoms with van der Waals surface area (Å²) in [6, 6.07) is 9.39. The molecule has 5 heteroatoms. The molecule has 1 aromatic rings. The fraction of sp³-hybridized carbons (Fsp3) is 0.500. The lowest BCUT2D eigenvalue weighted by atomic mass is 9.92. The van der Waals surface area contributed by atoms with E-state index >= 15 is 0 Å². The molecule has 2 rings (SSSR count). The van der Waals surface area contributed by atoms with Gasteiger partial charge in [0.25, 0.3) is 0 Å². The maximum Gasteiger partial charge on any atom is 0.329 e. The lowest BCUT2D eigenvalue weighted by Crippen LogP contribution is -2.52. The Kier molecular flexibility index (Phi) is 4.85. The van der Waals surface area contributed by atoms with Gasteiger partial charge in [-0.2, -0.15) is 11.8 Å². The number of carboxylic acid groups (broad SMARTS) is 1. The second-order valence-electron chi connectivity index (χ2n) is 4.58. The Labute approximate surface area is 117 Å². The fourth-order valence-corrected chi connectivity index (χ4v) is 3.34. The van der Waals surface area contributed by atoms with Crippen molar-refractivity contribution in [3.63, 3.8) is 0 Å². The van der Waals surface area contributed by atoms with Crippen LogP contribution in [0.15, 0.2) is 30.3 Å². The molecule has 0 amide bonds. The Morgan fingerprint density at radius 2 is 2.16 bits per heavy atom. The van der Waals surface area contributed by atoms with Crippen LogP contribution in [0.4, 0.5) is 0 Å². The van der Waals surface area contributed by atoms with Crippen LogP contribution in [0.3, 0.4) is 0 Å². The maximum absolute atomic E-state index is 11.8. The number of carboxylic acids is 1. The van der Waals surface area contributed by atoms with Gasteiger partial charge < -0.3 is 9.84 Å². The number of aliphatic carboxylic acids is 1. The van der Waals surface area contributed by atoms with E-state index in [0.29, 0.717) is 17.5 Å². The third-order valence-electron chi connectivity index (χ3n) is 3.25. The molecule has 0 spiro atoms. The lowest BCUT2D eigenvalue weighted by Gasteiger charge is -2.34. The van der Waals surface area contributed by atoms with Crippen LogP contribution in [0.2, 0.25) is 0 Å². The van der Waals surface area contributed by atoms with Crippen LogP contribution in [0.25, 0.3) is 0 Å². The Balaban J connectivity index is 2.21. The van der Waals surface area contributed by atoms with Gasteiger partial charge in [-0.05, 0) is 12.1 Å². The third kappa shape index (κ3) is 3.11. The smallest absolute Gasteiger partial charge is 0.329 e. The molecular formula is C14H19NO3S. The quantitative estimate of drug-likeness (QED) is 0.797. The molecule has 0 radical (unpaired) electrons. The van der Waals surface area contributed by atoms with Crippen molar-refractivity contribution >= 4 is 17.7 Å². The number of ether oxygens (including phenoxy) is 1. The molecule has 1 atom stereocenters. The predicted molar refractivity (Wildman–Crippen MR) is 76.5 cm³/mol. The van der Waals surface area contributed by atoms with E-state index in [1.807, 2.05) is 37.3 Å². The summed E-state index contributed by atoms with van der Waals surface area (Å²) in [5, 5.41) is 13.3. The number of hydrogen-bond donors (Lipinski definition) is 2. The largest absolute Gasteiger partial charge is 0.480 e. The molecule has 1 saturated heterocycles. The van der Waals surface area contributed by atoms with E-state index in [9.17, 15) is 9.90 Å². The topological polar surface area (TPSA) is 58.6 Å². The summed E-state index contributed by atoms with van der Waals surface area (Å²) >= 11 is 1.66. The zero-order valence-corrected chi connectivity index (χ0v) is 11.8. The Bertz CT molecular complexity index is 422. The molecule has 4 nitrogen and oxygen atoms in total. The molecule has 1 unspecified atom stereocenters. The van der Waals surface area contributed by atoms with Gasteiger partial charge in [0, 0.05) is 5.75 Å². The molecule has 0 aliphatic carbocycles. The number of likely N-dealkylation sites (N-methyl/N-ethyl adjacent to an activating group) is 1. The summed E-state index contributed by atoms with van der Waals surface area (Å²) in [4.78, 5) is 11.8. The molecule has 0 saturated carbocycles. The molecule has 19 heavy (non-hydrogen) atoms. The van der Waals surface area contributed by atoms with E-state index < -0.39 is 11.5 Å². The summed E-state index contributed by atoms with van der Waals surface area (Å²) < 4.78 is 5.14. The van der Waals surface area contributed by atoms with Crippen molar-refractivity contribution < 1.29 is 14.6 Å². The molecule has 104 valence electrons. The van der Waals surface area contributed by atoms with Crippen molar-refractivity contribution in [1.82, 2.24) is 5.32 Å². The van der Waals surface area contributed by atoms with Gasteiger partial charge >= 0.3 is 5.97 Å². The van der Waals surface area contributed by atoms with Gasteiger partial charge in [0.1, 0.15) is 0 Å². The Hall–Kier alpha value is -1.04. The number of nitrogens with one attached hydrogen (secondary N) is 1. The molecule has 1 fully saturated rings. The van der Waals surface area contributed by atoms with Crippen LogP contribution in [-0.4, -0.2) is 41.8 Å². The van der Waals surface area contributed by atoms with E-state index in [-0.39, 0.29) is 0 Å². The third-order valence-corrected chi connectivity index (χ3v) is 4.60. The highest BCUT2D eigenvalue weighted by atomic mass is 32.2. The Morgan fingerprint density at radius 1 is 1.47 bits per heavy atom. The summed E-state index contributed by atoms with van der Waals surface area (Å²) in [5.41, 5.74) is -0.215. The first-order valence-electron chi connectivity index (χ1n) is 6.42. The van der Waals surface area contributed by atoms with Gasteiger partial charge in [0.05, 0.1) is 18.5 Å². The first-order chi connectivity index (χ1) is 9.19. The van der Waals surface area contributed by atoms with Gasteiger partial charge in [-0.25, -0.2) is 4.79 Å². The van der Waals surface area contributed by atoms with E-state index in [0.717, 1.165) is 18.8 Å². The minimum Gasteiger partial charge on any atom is -0.480 e. The molecule has 1 heterocycles. The van der Waals surface area contributed by atoms with Crippen LogP contribution in [0.1, 0.15) is 12.5 Å². The SMILES string of the molecule is CCNC(CSC1COC1)(C(=O)O)c1ccccc1. The number of hydrogen-bond acceptors (Lipinski definition) is 4. The van der Waals surface area contributed by atoms with Gasteiger partial charge in [-0.15, -0.1) is 0 Å². The van der Waals surface area contributed by atoms with Crippen LogP contribution in [0.5, 0.6) is 0 Å². The average Bonchev–Trinajstić information content (AvgIpc) is 2.36. The van der Waals surface area contributed by atoms with Crippen molar-refractivity contribution in [2.75, 3.05) is 25.5 Å². The van der Waals surface area contributed by atoms with Crippen molar-refractivity contribution in [3.8, 4) is 0 Å². The van der Waals surface area contributed by atoms with E-state index in [1.54, 1.807) is 11.8 Å². The molecular weight excluding hydrogens is 262 g/mol. The fourth-order valence-electron chi connectivity index (χ4n) is 2.07. The van der Waals surface area contributed by atoms with Crippen molar-refractivity contribution in [2.24, 2.45) is 0 Å². The van der Waals surface area contributed by atoms with Crippen LogP contribution in [-0.2, 0) is 15.1 Å². The van der Waals surface area contributed by atoms with Gasteiger partial charge in [0.15, 0.2) is 5.54 Å². The van der Waals surface area contributed by atoms with Crippen LogP contribution in [0, 0.1) is 0 Å². The molecule has 2 N–H and O–H groups in total. The second-order valence-corrected chi connectivity index (χ2v) is 5.87. The van der Waals surface area contributed by atoms with Crippen LogP contribution >= 0.6 is 11.8 Å². The number of carbonyl (C=O) groups is 1. The summed E-state index contributed by atoms with van der Waals surface area (Å²) in [6.45, 7) is 3.99. The van der Waals surface area contributed by atoms with E-state index in [2.05, 4.69) is 5.32 Å². The van der Waals surface area contributed by atoms with Gasteiger partial charge in [0.2, 0.25) is 0 Å². The summed E-state index contributed by atoms with van der Waals surface area (Å²) in [6.07, 6.45) is 0. The molecule has 0 bridgehead atoms. The van der Waals surface area contributed by atoms with Gasteiger partial charge in [-0.1, -0.05) is 37.3 Å². The zero-order valence-electron chi connectivity index (χ0n) is 11.0. The highest BCUT2D eigenvalue weighted by Crippen LogP contribution is 2.30. The number of benzene rings is 1. The highest BCUT2D eigenvalue weighted by molar-refractivity contribution is 8.00. The first-order valence-corrected chi connectivity index (χ1v) is 7.47. The summed E-state index contributed by atoms with van der Waals surface area (Å²) in [7, 11) is 0. The predicted octanol–water partition coefficient (Wildman–Crippen LogP) is 1.71. The zero-order chi connectivity index (χ0) is 13.7. The highest BCUT2D eigenvalue weighted by Gasteiger charge is 2.40. The maximum atomic E-state index is 11.8. The van der Waals surface area contributed by atoms with E-state index in [1.165, 1.54) is 0 Å². The molecule has 1 aliphatic rings.